The lowest BCUT2D eigenvalue weighted by Gasteiger charge is -2.37. The molecule has 2 fully saturated rings. The summed E-state index contributed by atoms with van der Waals surface area (Å²) in [6, 6.07) is 4.13. The van der Waals surface area contributed by atoms with Crippen LogP contribution in [0.15, 0.2) is 30.4 Å². The molecule has 0 amide bonds. The Morgan fingerprint density at radius 3 is 2.22 bits per heavy atom. The van der Waals surface area contributed by atoms with Gasteiger partial charge in [0.2, 0.25) is 0 Å². The normalized spacial score (nSPS) is 39.3. The van der Waals surface area contributed by atoms with Gasteiger partial charge in [-0.2, -0.15) is 0 Å². The average molecular weight is 322 g/mol. The van der Waals surface area contributed by atoms with Crippen molar-refractivity contribution in [3.8, 4) is 0 Å². The molecule has 2 heteroatoms. The predicted octanol–water partition coefficient (Wildman–Crippen LogP) is 6.62. The SMILES string of the molecule is [2H]C1([2H])C[C@H](C2CCC(c3ccc(F)c(F)c3)CC2)CC([2H])([2H])[C@H]1/C=C/C. The van der Waals surface area contributed by atoms with Crippen molar-refractivity contribution in [2.24, 2.45) is 17.8 Å². The molecule has 0 atom stereocenters. The van der Waals surface area contributed by atoms with Crippen molar-refractivity contribution in [2.75, 3.05) is 0 Å². The smallest absolute Gasteiger partial charge is 0.159 e. The van der Waals surface area contributed by atoms with E-state index >= 15 is 0 Å². The number of hydrogen-bond acceptors (Lipinski definition) is 0. The number of allylic oxidation sites excluding steroid dienone is 2. The zero-order chi connectivity index (χ0) is 19.8. The molecule has 126 valence electrons. The molecule has 23 heavy (non-hydrogen) atoms. The molecule has 1 aromatic rings. The molecule has 2 aliphatic carbocycles. The van der Waals surface area contributed by atoms with E-state index in [0.717, 1.165) is 31.2 Å². The number of hydrogen-bond donors (Lipinski definition) is 0. The third-order valence-electron chi connectivity index (χ3n) is 5.44. The number of benzene rings is 1. The molecular formula is C21H28F2. The molecule has 0 heterocycles. The molecule has 0 radical (unpaired) electrons. The molecule has 2 aliphatic rings. The van der Waals surface area contributed by atoms with Gasteiger partial charge in [-0.1, -0.05) is 18.2 Å². The first kappa shape index (κ1) is 12.2. The molecule has 0 nitrogen and oxygen atoms in total. The largest absolute Gasteiger partial charge is 0.204 e. The molecule has 1 aromatic carbocycles. The molecular weight excluding hydrogens is 290 g/mol. The second-order valence-corrected chi connectivity index (χ2v) is 6.87. The van der Waals surface area contributed by atoms with Gasteiger partial charge in [0.05, 0.1) is 0 Å². The van der Waals surface area contributed by atoms with Crippen LogP contribution in [0.3, 0.4) is 0 Å². The van der Waals surface area contributed by atoms with Gasteiger partial charge < -0.3 is 0 Å². The van der Waals surface area contributed by atoms with Gasteiger partial charge in [0, 0.05) is 5.48 Å². The molecule has 0 aromatic heterocycles. The Labute approximate surface area is 144 Å². The van der Waals surface area contributed by atoms with Crippen molar-refractivity contribution in [3.63, 3.8) is 0 Å². The van der Waals surface area contributed by atoms with Crippen LogP contribution >= 0.6 is 0 Å². The van der Waals surface area contributed by atoms with E-state index in [0.29, 0.717) is 18.8 Å². The maximum Gasteiger partial charge on any atom is 0.159 e. The standard InChI is InChI=1S/C21H28F2/c1-2-3-15-4-6-16(7-5-15)17-8-10-18(11-9-17)19-12-13-20(22)21(23)14-19/h2-3,12-18H,4-11H2,1H3/b3-2+/t15-,16-,17?,18?/i4D2,5D2. The summed E-state index contributed by atoms with van der Waals surface area (Å²) in [5.74, 6) is -1.81. The highest BCUT2D eigenvalue weighted by Gasteiger charge is 2.30. The van der Waals surface area contributed by atoms with Crippen LogP contribution in [0.4, 0.5) is 8.78 Å². The summed E-state index contributed by atoms with van der Waals surface area (Å²) in [5.41, 5.74) is 0.829. The van der Waals surface area contributed by atoms with E-state index in [2.05, 4.69) is 0 Å². The molecule has 0 aliphatic heterocycles. The Bertz CT molecular complexity index is 675. The fourth-order valence-electron chi connectivity index (χ4n) is 4.05. The van der Waals surface area contributed by atoms with E-state index in [-0.39, 0.29) is 11.8 Å². The van der Waals surface area contributed by atoms with E-state index < -0.39 is 30.3 Å². The van der Waals surface area contributed by atoms with Crippen LogP contribution in [-0.2, 0) is 0 Å². The first-order valence-corrected chi connectivity index (χ1v) is 8.72. The summed E-state index contributed by atoms with van der Waals surface area (Å²) in [6.45, 7) is 1.80. The Balaban J connectivity index is 1.66. The van der Waals surface area contributed by atoms with E-state index in [9.17, 15) is 8.78 Å². The lowest BCUT2D eigenvalue weighted by atomic mass is 9.68. The summed E-state index contributed by atoms with van der Waals surface area (Å²) >= 11 is 0. The van der Waals surface area contributed by atoms with Crippen molar-refractivity contribution < 1.29 is 14.3 Å². The Morgan fingerprint density at radius 1 is 0.957 bits per heavy atom. The van der Waals surface area contributed by atoms with E-state index in [4.69, 9.17) is 5.48 Å². The summed E-state index contributed by atoms with van der Waals surface area (Å²) in [6.07, 6.45) is 4.59. The van der Waals surface area contributed by atoms with Crippen LogP contribution in [-0.4, -0.2) is 0 Å². The molecule has 0 saturated heterocycles. The molecule has 0 N–H and O–H groups in total. The Kier molecular flexibility index (Phi) is 4.03. The summed E-state index contributed by atoms with van der Waals surface area (Å²) < 4.78 is 60.3. The van der Waals surface area contributed by atoms with Crippen molar-refractivity contribution in [3.05, 3.63) is 47.5 Å². The van der Waals surface area contributed by atoms with Gasteiger partial charge in [0.15, 0.2) is 11.6 Å². The van der Waals surface area contributed by atoms with Gasteiger partial charge in [0.25, 0.3) is 0 Å². The molecule has 3 rings (SSSR count). The van der Waals surface area contributed by atoms with Gasteiger partial charge in [0.1, 0.15) is 0 Å². The average Bonchev–Trinajstić information content (AvgIpc) is 2.60. The van der Waals surface area contributed by atoms with Crippen LogP contribution in [0.2, 0.25) is 0 Å². The van der Waals surface area contributed by atoms with Crippen LogP contribution in [0.25, 0.3) is 0 Å². The Hall–Kier alpha value is -1.18. The van der Waals surface area contributed by atoms with Crippen LogP contribution < -0.4 is 0 Å². The summed E-state index contributed by atoms with van der Waals surface area (Å²) in [5, 5.41) is 0. The number of rotatable bonds is 3. The van der Waals surface area contributed by atoms with Gasteiger partial charge >= 0.3 is 0 Å². The van der Waals surface area contributed by atoms with E-state index in [1.54, 1.807) is 25.1 Å². The zero-order valence-corrected chi connectivity index (χ0v) is 13.7. The second kappa shape index (κ2) is 7.59. The van der Waals surface area contributed by atoms with Crippen molar-refractivity contribution >= 4 is 0 Å². The fourth-order valence-corrected chi connectivity index (χ4v) is 4.05. The molecule has 0 bridgehead atoms. The topological polar surface area (TPSA) is 0 Å². The lowest BCUT2D eigenvalue weighted by Crippen LogP contribution is -2.25. The molecule has 2 saturated carbocycles. The quantitative estimate of drug-likeness (QED) is 0.548. The highest BCUT2D eigenvalue weighted by Crippen LogP contribution is 2.44. The predicted molar refractivity (Wildman–Crippen MR) is 91.3 cm³/mol. The van der Waals surface area contributed by atoms with Gasteiger partial charge in [-0.25, -0.2) is 8.78 Å². The minimum atomic E-state index is -1.55. The van der Waals surface area contributed by atoms with E-state index in [1.807, 2.05) is 0 Å². The van der Waals surface area contributed by atoms with Crippen LogP contribution in [0.5, 0.6) is 0 Å². The first-order valence-electron chi connectivity index (χ1n) is 10.7. The Morgan fingerprint density at radius 2 is 1.61 bits per heavy atom. The highest BCUT2D eigenvalue weighted by atomic mass is 19.2. The third kappa shape index (κ3) is 4.02. The van der Waals surface area contributed by atoms with Gasteiger partial charge in [-0.05, 0) is 99.6 Å². The molecule has 0 spiro atoms. The van der Waals surface area contributed by atoms with Crippen LogP contribution in [0, 0.1) is 29.4 Å². The third-order valence-corrected chi connectivity index (χ3v) is 5.44. The zero-order valence-electron chi connectivity index (χ0n) is 17.7. The van der Waals surface area contributed by atoms with Crippen LogP contribution in [0.1, 0.15) is 75.2 Å². The first-order chi connectivity index (χ1) is 12.6. The van der Waals surface area contributed by atoms with Gasteiger partial charge in [-0.15, -0.1) is 0 Å². The maximum absolute atomic E-state index is 13.5. The van der Waals surface area contributed by atoms with Crippen molar-refractivity contribution in [1.82, 2.24) is 0 Å². The van der Waals surface area contributed by atoms with Gasteiger partial charge in [-0.3, -0.25) is 0 Å². The minimum absolute atomic E-state index is 0.0300. The van der Waals surface area contributed by atoms with E-state index in [1.165, 1.54) is 12.1 Å². The summed E-state index contributed by atoms with van der Waals surface area (Å²) in [7, 11) is 0. The number of halogens is 2. The van der Waals surface area contributed by atoms with Crippen molar-refractivity contribution in [2.45, 2.75) is 64.1 Å². The summed E-state index contributed by atoms with van der Waals surface area (Å²) in [4.78, 5) is 0. The maximum atomic E-state index is 13.5. The minimum Gasteiger partial charge on any atom is -0.204 e. The second-order valence-electron chi connectivity index (χ2n) is 6.87. The highest BCUT2D eigenvalue weighted by molar-refractivity contribution is 5.22. The fraction of sp³-hybridized carbons (Fsp3) is 0.619. The lowest BCUT2D eigenvalue weighted by molar-refractivity contribution is 0.171. The monoisotopic (exact) mass is 322 g/mol. The van der Waals surface area contributed by atoms with Crippen molar-refractivity contribution in [1.29, 1.82) is 0 Å². The molecule has 0 unspecified atom stereocenters.